The average Bonchev–Trinajstić information content (AvgIpc) is 3.07. The number of aliphatic hydroxyl groups is 1. The van der Waals surface area contributed by atoms with Crippen molar-refractivity contribution in [3.8, 4) is 5.69 Å². The summed E-state index contributed by atoms with van der Waals surface area (Å²) in [6.07, 6.45) is 5.05. The summed E-state index contributed by atoms with van der Waals surface area (Å²) in [5.41, 5.74) is 0.862. The van der Waals surface area contributed by atoms with Gasteiger partial charge in [-0.1, -0.05) is 18.1 Å². The first kappa shape index (κ1) is 16.6. The monoisotopic (exact) mass is 332 g/mol. The standard InChI is InChI=1S/C17H21FN4O2/c1-21(10-12-4-2-3-5-16(12)23)17(24)15-11-22(20-19-15)14-8-6-13(18)7-9-14/h6-9,11-12,16,23H,2-5,10H2,1H3. The van der Waals surface area contributed by atoms with E-state index in [1.165, 1.54) is 23.0 Å². The highest BCUT2D eigenvalue weighted by molar-refractivity contribution is 5.91. The van der Waals surface area contributed by atoms with Gasteiger partial charge in [-0.25, -0.2) is 9.07 Å². The van der Waals surface area contributed by atoms with Crippen LogP contribution in [0.15, 0.2) is 30.5 Å². The van der Waals surface area contributed by atoms with E-state index in [0.29, 0.717) is 12.2 Å². The summed E-state index contributed by atoms with van der Waals surface area (Å²) in [5, 5.41) is 17.9. The van der Waals surface area contributed by atoms with E-state index in [1.54, 1.807) is 24.1 Å². The van der Waals surface area contributed by atoms with Crippen molar-refractivity contribution in [1.82, 2.24) is 19.9 Å². The molecule has 1 fully saturated rings. The van der Waals surface area contributed by atoms with Gasteiger partial charge in [0.05, 0.1) is 18.0 Å². The summed E-state index contributed by atoms with van der Waals surface area (Å²) >= 11 is 0. The van der Waals surface area contributed by atoms with Gasteiger partial charge in [0.25, 0.3) is 5.91 Å². The van der Waals surface area contributed by atoms with Gasteiger partial charge >= 0.3 is 0 Å². The van der Waals surface area contributed by atoms with Gasteiger partial charge in [0.1, 0.15) is 5.82 Å². The lowest BCUT2D eigenvalue weighted by molar-refractivity contribution is 0.0448. The molecular weight excluding hydrogens is 311 g/mol. The molecule has 6 nitrogen and oxygen atoms in total. The summed E-state index contributed by atoms with van der Waals surface area (Å²) in [6, 6.07) is 5.80. The number of hydrogen-bond donors (Lipinski definition) is 1. The fraction of sp³-hybridized carbons (Fsp3) is 0.471. The summed E-state index contributed by atoms with van der Waals surface area (Å²) in [4.78, 5) is 14.1. The van der Waals surface area contributed by atoms with Crippen LogP contribution in [0, 0.1) is 11.7 Å². The zero-order valence-electron chi connectivity index (χ0n) is 13.6. The Balaban J connectivity index is 1.67. The van der Waals surface area contributed by atoms with Gasteiger partial charge < -0.3 is 10.0 Å². The van der Waals surface area contributed by atoms with Crippen molar-refractivity contribution in [1.29, 1.82) is 0 Å². The normalized spacial score (nSPS) is 20.8. The number of nitrogens with zero attached hydrogens (tertiary/aromatic N) is 4. The molecule has 0 radical (unpaired) electrons. The SMILES string of the molecule is CN(CC1CCCCC1O)C(=O)c1cn(-c2ccc(F)cc2)nn1. The molecule has 2 unspecified atom stereocenters. The van der Waals surface area contributed by atoms with Gasteiger partial charge in [-0.15, -0.1) is 5.10 Å². The number of aliphatic hydroxyl groups excluding tert-OH is 1. The second-order valence-electron chi connectivity index (χ2n) is 6.32. The van der Waals surface area contributed by atoms with Crippen LogP contribution in [0.5, 0.6) is 0 Å². The number of amides is 1. The van der Waals surface area contributed by atoms with Gasteiger partial charge in [-0.3, -0.25) is 4.79 Å². The molecule has 1 aliphatic rings. The molecule has 2 atom stereocenters. The van der Waals surface area contributed by atoms with Crippen LogP contribution in [0.3, 0.4) is 0 Å². The Morgan fingerprint density at radius 2 is 2.04 bits per heavy atom. The molecule has 7 heteroatoms. The predicted octanol–water partition coefficient (Wildman–Crippen LogP) is 2.03. The van der Waals surface area contributed by atoms with E-state index in [1.807, 2.05) is 0 Å². The third kappa shape index (κ3) is 3.62. The van der Waals surface area contributed by atoms with Crippen LogP contribution in [0.25, 0.3) is 5.69 Å². The van der Waals surface area contributed by atoms with Crippen LogP contribution in [0.1, 0.15) is 36.2 Å². The van der Waals surface area contributed by atoms with E-state index >= 15 is 0 Å². The first-order valence-electron chi connectivity index (χ1n) is 8.16. The molecule has 24 heavy (non-hydrogen) atoms. The zero-order valence-corrected chi connectivity index (χ0v) is 13.6. The third-order valence-corrected chi connectivity index (χ3v) is 4.53. The lowest BCUT2D eigenvalue weighted by atomic mass is 9.86. The topological polar surface area (TPSA) is 71.2 Å². The Hall–Kier alpha value is -2.28. The molecular formula is C17H21FN4O2. The van der Waals surface area contributed by atoms with Crippen molar-refractivity contribution < 1.29 is 14.3 Å². The predicted molar refractivity (Wildman–Crippen MR) is 86.2 cm³/mol. The minimum Gasteiger partial charge on any atom is -0.393 e. The summed E-state index contributed by atoms with van der Waals surface area (Å²) in [5.74, 6) is -0.457. The minimum atomic E-state index is -0.344. The molecule has 0 aliphatic heterocycles. The molecule has 0 spiro atoms. The molecule has 1 heterocycles. The van der Waals surface area contributed by atoms with Crippen molar-refractivity contribution in [2.45, 2.75) is 31.8 Å². The fourth-order valence-corrected chi connectivity index (χ4v) is 3.11. The number of rotatable bonds is 4. The number of aromatic nitrogens is 3. The maximum Gasteiger partial charge on any atom is 0.275 e. The van der Waals surface area contributed by atoms with E-state index in [2.05, 4.69) is 10.3 Å². The Morgan fingerprint density at radius 1 is 1.33 bits per heavy atom. The molecule has 1 aromatic heterocycles. The number of carbonyl (C=O) groups is 1. The summed E-state index contributed by atoms with van der Waals surface area (Å²) in [6.45, 7) is 0.503. The Labute approximate surface area is 139 Å². The average molecular weight is 332 g/mol. The Kier molecular flexibility index (Phi) is 4.89. The molecule has 0 saturated heterocycles. The Morgan fingerprint density at radius 3 is 2.75 bits per heavy atom. The highest BCUT2D eigenvalue weighted by Gasteiger charge is 2.26. The lowest BCUT2D eigenvalue weighted by Gasteiger charge is -2.30. The largest absolute Gasteiger partial charge is 0.393 e. The van der Waals surface area contributed by atoms with E-state index in [4.69, 9.17) is 0 Å². The zero-order chi connectivity index (χ0) is 17.1. The molecule has 3 rings (SSSR count). The van der Waals surface area contributed by atoms with Crippen molar-refractivity contribution in [3.05, 3.63) is 42.0 Å². The number of hydrogen-bond acceptors (Lipinski definition) is 4. The molecule has 2 aromatic rings. The number of benzene rings is 1. The van der Waals surface area contributed by atoms with E-state index in [-0.39, 0.29) is 29.4 Å². The first-order chi connectivity index (χ1) is 11.5. The van der Waals surface area contributed by atoms with Crippen LogP contribution in [-0.2, 0) is 0 Å². The van der Waals surface area contributed by atoms with Crippen LogP contribution < -0.4 is 0 Å². The van der Waals surface area contributed by atoms with E-state index < -0.39 is 0 Å². The van der Waals surface area contributed by atoms with Crippen molar-refractivity contribution in [2.75, 3.05) is 13.6 Å². The van der Waals surface area contributed by atoms with Crippen molar-refractivity contribution in [2.24, 2.45) is 5.92 Å². The van der Waals surface area contributed by atoms with Crippen LogP contribution in [0.2, 0.25) is 0 Å². The summed E-state index contributed by atoms with van der Waals surface area (Å²) in [7, 11) is 1.71. The third-order valence-electron chi connectivity index (χ3n) is 4.53. The first-order valence-corrected chi connectivity index (χ1v) is 8.16. The van der Waals surface area contributed by atoms with Gasteiger partial charge in [0, 0.05) is 19.5 Å². The molecule has 1 aliphatic carbocycles. The molecule has 1 amide bonds. The molecule has 0 bridgehead atoms. The van der Waals surface area contributed by atoms with Crippen LogP contribution >= 0.6 is 0 Å². The van der Waals surface area contributed by atoms with Gasteiger partial charge in [0.15, 0.2) is 5.69 Å². The van der Waals surface area contributed by atoms with Gasteiger partial charge in [-0.2, -0.15) is 0 Å². The summed E-state index contributed by atoms with van der Waals surface area (Å²) < 4.78 is 14.4. The lowest BCUT2D eigenvalue weighted by Crippen LogP contribution is -2.38. The second-order valence-corrected chi connectivity index (χ2v) is 6.32. The number of halogens is 1. The quantitative estimate of drug-likeness (QED) is 0.930. The maximum atomic E-state index is 13.0. The second kappa shape index (κ2) is 7.09. The smallest absolute Gasteiger partial charge is 0.275 e. The fourth-order valence-electron chi connectivity index (χ4n) is 3.11. The van der Waals surface area contributed by atoms with E-state index in [9.17, 15) is 14.3 Å². The number of carbonyl (C=O) groups excluding carboxylic acids is 1. The van der Waals surface area contributed by atoms with E-state index in [0.717, 1.165) is 25.7 Å². The van der Waals surface area contributed by atoms with Crippen molar-refractivity contribution in [3.63, 3.8) is 0 Å². The molecule has 1 aromatic carbocycles. The highest BCUT2D eigenvalue weighted by atomic mass is 19.1. The van der Waals surface area contributed by atoms with Crippen LogP contribution in [0.4, 0.5) is 4.39 Å². The van der Waals surface area contributed by atoms with Crippen molar-refractivity contribution >= 4 is 5.91 Å². The molecule has 1 N–H and O–H groups in total. The maximum absolute atomic E-state index is 13.0. The van der Waals surface area contributed by atoms with Crippen LogP contribution in [-0.4, -0.2) is 50.6 Å². The Bertz CT molecular complexity index is 701. The van der Waals surface area contributed by atoms with Gasteiger partial charge in [-0.05, 0) is 37.1 Å². The highest BCUT2D eigenvalue weighted by Crippen LogP contribution is 2.25. The minimum absolute atomic E-state index is 0.111. The molecule has 1 saturated carbocycles. The van der Waals surface area contributed by atoms with Gasteiger partial charge in [0.2, 0.25) is 0 Å². The molecule has 128 valence electrons.